The fourth-order valence-electron chi connectivity index (χ4n) is 6.93. The van der Waals surface area contributed by atoms with E-state index < -0.39 is 0 Å². The molecule has 0 unspecified atom stereocenters. The average Bonchev–Trinajstić information content (AvgIpc) is 3.85. The van der Waals surface area contributed by atoms with Crippen molar-refractivity contribution in [1.82, 2.24) is 4.98 Å². The van der Waals surface area contributed by atoms with Crippen molar-refractivity contribution < 1.29 is 8.83 Å². The number of nitrogens with zero attached hydrogens (tertiary/aromatic N) is 2. The number of anilines is 3. The number of hydrogen-bond donors (Lipinski definition) is 0. The molecule has 0 aliphatic heterocycles. The van der Waals surface area contributed by atoms with E-state index in [1.165, 1.54) is 9.40 Å². The van der Waals surface area contributed by atoms with Gasteiger partial charge in [0.1, 0.15) is 16.7 Å². The number of para-hydroxylation sites is 4. The summed E-state index contributed by atoms with van der Waals surface area (Å²) in [5.74, 6) is 0.633. The number of aromatic nitrogens is 1. The van der Waals surface area contributed by atoms with Crippen LogP contribution in [0.4, 0.5) is 17.1 Å². The lowest BCUT2D eigenvalue weighted by molar-refractivity contribution is 0.620. The van der Waals surface area contributed by atoms with Crippen molar-refractivity contribution in [3.8, 4) is 22.6 Å². The van der Waals surface area contributed by atoms with Crippen molar-refractivity contribution >= 4 is 81.6 Å². The molecule has 0 atom stereocenters. The summed E-state index contributed by atoms with van der Waals surface area (Å²) in [6.07, 6.45) is 0. The molecule has 48 heavy (non-hydrogen) atoms. The van der Waals surface area contributed by atoms with Crippen LogP contribution in [0.25, 0.3) is 75.8 Å². The number of hydrogen-bond acceptors (Lipinski definition) is 5. The molecule has 0 saturated carbocycles. The van der Waals surface area contributed by atoms with Gasteiger partial charge in [0.15, 0.2) is 5.58 Å². The highest BCUT2D eigenvalue weighted by molar-refractivity contribution is 7.26. The number of benzene rings is 7. The molecular formula is C43H26N2O2S. The first-order valence-electron chi connectivity index (χ1n) is 16.0. The van der Waals surface area contributed by atoms with E-state index in [-0.39, 0.29) is 0 Å². The van der Waals surface area contributed by atoms with Crippen molar-refractivity contribution in [3.05, 3.63) is 158 Å². The van der Waals surface area contributed by atoms with Crippen molar-refractivity contribution in [2.75, 3.05) is 4.90 Å². The Kier molecular flexibility index (Phi) is 6.01. The van der Waals surface area contributed by atoms with Crippen molar-refractivity contribution in [1.29, 1.82) is 0 Å². The number of furan rings is 1. The molecule has 0 saturated heterocycles. The van der Waals surface area contributed by atoms with Gasteiger partial charge in [-0.05, 0) is 72.3 Å². The zero-order valence-electron chi connectivity index (χ0n) is 25.6. The molecule has 0 aliphatic rings. The van der Waals surface area contributed by atoms with Gasteiger partial charge in [-0.3, -0.25) is 0 Å². The number of rotatable bonds is 5. The Morgan fingerprint density at radius 2 is 1.21 bits per heavy atom. The van der Waals surface area contributed by atoms with Crippen LogP contribution in [0.2, 0.25) is 0 Å². The van der Waals surface area contributed by atoms with Crippen LogP contribution in [0.1, 0.15) is 0 Å². The van der Waals surface area contributed by atoms with E-state index in [0.29, 0.717) is 5.89 Å². The molecule has 10 aromatic rings. The Morgan fingerprint density at radius 3 is 2.12 bits per heavy atom. The summed E-state index contributed by atoms with van der Waals surface area (Å²) in [6.45, 7) is 0. The molecule has 0 amide bonds. The highest BCUT2D eigenvalue weighted by atomic mass is 32.1. The quantitative estimate of drug-likeness (QED) is 0.189. The Labute approximate surface area is 279 Å². The maximum Gasteiger partial charge on any atom is 0.227 e. The summed E-state index contributed by atoms with van der Waals surface area (Å²) in [4.78, 5) is 7.23. The van der Waals surface area contributed by atoms with Gasteiger partial charge >= 0.3 is 0 Å². The fourth-order valence-corrected chi connectivity index (χ4v) is 8.04. The van der Waals surface area contributed by atoms with E-state index >= 15 is 0 Å². The second-order valence-corrected chi connectivity index (χ2v) is 13.0. The Hall–Kier alpha value is -6.17. The minimum atomic E-state index is 0.633. The van der Waals surface area contributed by atoms with Gasteiger partial charge in [0, 0.05) is 59.5 Å². The van der Waals surface area contributed by atoms with E-state index in [0.717, 1.165) is 77.6 Å². The highest BCUT2D eigenvalue weighted by Crippen LogP contribution is 2.46. The largest absolute Gasteiger partial charge is 0.456 e. The summed E-state index contributed by atoms with van der Waals surface area (Å²) in [5.41, 5.74) is 9.83. The summed E-state index contributed by atoms with van der Waals surface area (Å²) >= 11 is 1.79. The summed E-state index contributed by atoms with van der Waals surface area (Å²) in [5, 5.41) is 4.54. The molecule has 0 spiro atoms. The lowest BCUT2D eigenvalue weighted by Crippen LogP contribution is -2.11. The second-order valence-electron chi connectivity index (χ2n) is 11.9. The smallest absolute Gasteiger partial charge is 0.227 e. The van der Waals surface area contributed by atoms with Gasteiger partial charge in [0.25, 0.3) is 0 Å². The fraction of sp³-hybridized carbons (Fsp3) is 0. The summed E-state index contributed by atoms with van der Waals surface area (Å²) in [6, 6.07) is 55.1. The summed E-state index contributed by atoms with van der Waals surface area (Å²) < 4.78 is 15.1. The molecule has 0 N–H and O–H groups in total. The van der Waals surface area contributed by atoms with Gasteiger partial charge in [0.05, 0.1) is 5.69 Å². The predicted molar refractivity (Wildman–Crippen MR) is 200 cm³/mol. The SMILES string of the molecule is c1ccc(-c2ccccc2N(c2ccc3c(c2)oc2ccccc23)c2ccc3sc4cccc(-c5nc6ccccc6o5)c4c3c2)cc1. The van der Waals surface area contributed by atoms with Gasteiger partial charge in [-0.25, -0.2) is 4.98 Å². The first-order chi connectivity index (χ1) is 23.8. The maximum absolute atomic E-state index is 6.39. The lowest BCUT2D eigenvalue weighted by atomic mass is 10.0. The van der Waals surface area contributed by atoms with Gasteiger partial charge < -0.3 is 13.7 Å². The lowest BCUT2D eigenvalue weighted by Gasteiger charge is -2.28. The molecule has 0 bridgehead atoms. The second kappa shape index (κ2) is 10.7. The molecule has 5 heteroatoms. The third kappa shape index (κ3) is 4.25. The molecule has 0 radical (unpaired) electrons. The van der Waals surface area contributed by atoms with Crippen LogP contribution in [0, 0.1) is 0 Å². The number of fused-ring (bicyclic) bond motifs is 7. The average molecular weight is 635 g/mol. The molecular weight excluding hydrogens is 609 g/mol. The molecule has 226 valence electrons. The Morgan fingerprint density at radius 1 is 0.479 bits per heavy atom. The van der Waals surface area contributed by atoms with Crippen LogP contribution in [0.15, 0.2) is 167 Å². The minimum Gasteiger partial charge on any atom is -0.456 e. The van der Waals surface area contributed by atoms with E-state index in [4.69, 9.17) is 13.8 Å². The first-order valence-corrected chi connectivity index (χ1v) is 16.8. The number of thiophene rings is 1. The van der Waals surface area contributed by atoms with Crippen molar-refractivity contribution in [2.45, 2.75) is 0 Å². The first kappa shape index (κ1) is 27.0. The van der Waals surface area contributed by atoms with Crippen molar-refractivity contribution in [2.24, 2.45) is 0 Å². The third-order valence-corrected chi connectivity index (χ3v) is 10.2. The van der Waals surface area contributed by atoms with Crippen LogP contribution in [0.5, 0.6) is 0 Å². The van der Waals surface area contributed by atoms with E-state index in [1.54, 1.807) is 11.3 Å². The summed E-state index contributed by atoms with van der Waals surface area (Å²) in [7, 11) is 0. The van der Waals surface area contributed by atoms with E-state index in [1.807, 2.05) is 36.4 Å². The van der Waals surface area contributed by atoms with Gasteiger partial charge in [-0.2, -0.15) is 0 Å². The standard InChI is InChI=1S/C43H26N2O2S/c1-2-11-27(12-3-1)30-13-4-7-17-36(30)45(29-21-23-32-31-14-5-8-18-37(31)46-39(32)26-29)28-22-24-40-34(25-28)42-33(15-10-20-41(42)48-40)43-44-35-16-6-9-19-38(35)47-43/h1-26H. The molecule has 0 fully saturated rings. The highest BCUT2D eigenvalue weighted by Gasteiger charge is 2.21. The number of oxazole rings is 1. The molecule has 7 aromatic carbocycles. The van der Waals surface area contributed by atoms with Crippen LogP contribution < -0.4 is 4.90 Å². The zero-order valence-corrected chi connectivity index (χ0v) is 26.4. The van der Waals surface area contributed by atoms with Gasteiger partial charge in [-0.15, -0.1) is 11.3 Å². The van der Waals surface area contributed by atoms with Crippen LogP contribution in [-0.2, 0) is 0 Å². The van der Waals surface area contributed by atoms with E-state index in [9.17, 15) is 0 Å². The predicted octanol–water partition coefficient (Wildman–Crippen LogP) is 12.9. The molecule has 10 rings (SSSR count). The van der Waals surface area contributed by atoms with E-state index in [2.05, 4.69) is 126 Å². The minimum absolute atomic E-state index is 0.633. The van der Waals surface area contributed by atoms with Crippen molar-refractivity contribution in [3.63, 3.8) is 0 Å². The molecule has 0 aliphatic carbocycles. The normalized spacial score (nSPS) is 11.8. The Bertz CT molecular complexity index is 2780. The van der Waals surface area contributed by atoms with Crippen LogP contribution in [-0.4, -0.2) is 4.98 Å². The maximum atomic E-state index is 6.39. The molecule has 3 aromatic heterocycles. The van der Waals surface area contributed by atoms with Gasteiger partial charge in [0.2, 0.25) is 5.89 Å². The molecule has 4 nitrogen and oxygen atoms in total. The van der Waals surface area contributed by atoms with Crippen LogP contribution >= 0.6 is 11.3 Å². The Balaban J connectivity index is 1.22. The third-order valence-electron chi connectivity index (χ3n) is 9.11. The monoisotopic (exact) mass is 634 g/mol. The molecule has 3 heterocycles. The van der Waals surface area contributed by atoms with Crippen LogP contribution in [0.3, 0.4) is 0 Å². The topological polar surface area (TPSA) is 42.4 Å². The zero-order chi connectivity index (χ0) is 31.6. The van der Waals surface area contributed by atoms with Gasteiger partial charge in [-0.1, -0.05) is 84.9 Å².